The number of likely N-dealkylation sites (tertiary alicyclic amines) is 1. The number of benzene rings is 2. The largest absolute Gasteiger partial charge is 0.496 e. The van der Waals surface area contributed by atoms with Gasteiger partial charge in [0.25, 0.3) is 0 Å². The summed E-state index contributed by atoms with van der Waals surface area (Å²) >= 11 is 0. The molecule has 1 fully saturated rings. The van der Waals surface area contributed by atoms with E-state index in [4.69, 9.17) is 4.74 Å². The summed E-state index contributed by atoms with van der Waals surface area (Å²) in [4.78, 5) is 26.4. The van der Waals surface area contributed by atoms with Crippen LogP contribution < -0.4 is 10.1 Å². The zero-order chi connectivity index (χ0) is 18.4. The highest BCUT2D eigenvalue weighted by molar-refractivity contribution is 5.83. The molecule has 1 unspecified atom stereocenters. The summed E-state index contributed by atoms with van der Waals surface area (Å²) in [7, 11) is 1.59. The van der Waals surface area contributed by atoms with E-state index in [0.717, 1.165) is 12.0 Å². The number of rotatable bonds is 7. The highest BCUT2D eigenvalue weighted by atomic mass is 16.5. The lowest BCUT2D eigenvalue weighted by Gasteiger charge is -2.17. The van der Waals surface area contributed by atoms with Gasteiger partial charge in [0.1, 0.15) is 5.75 Å². The van der Waals surface area contributed by atoms with Gasteiger partial charge in [-0.05, 0) is 18.1 Å². The van der Waals surface area contributed by atoms with Crippen molar-refractivity contribution in [3.8, 4) is 5.75 Å². The van der Waals surface area contributed by atoms with E-state index in [0.29, 0.717) is 25.3 Å². The maximum atomic E-state index is 12.3. The normalized spacial score (nSPS) is 16.6. The molecule has 2 aromatic rings. The first-order valence-electron chi connectivity index (χ1n) is 8.88. The summed E-state index contributed by atoms with van der Waals surface area (Å²) in [5.41, 5.74) is 2.06. The van der Waals surface area contributed by atoms with Crippen LogP contribution in [0.3, 0.4) is 0 Å². The van der Waals surface area contributed by atoms with Gasteiger partial charge in [0.05, 0.1) is 19.6 Å². The molecule has 5 heteroatoms. The number of hydrogen-bond acceptors (Lipinski definition) is 3. The van der Waals surface area contributed by atoms with E-state index in [1.54, 1.807) is 7.11 Å². The zero-order valence-electron chi connectivity index (χ0n) is 15.0. The number of amides is 2. The summed E-state index contributed by atoms with van der Waals surface area (Å²) in [6.45, 7) is 1.26. The van der Waals surface area contributed by atoms with Crippen molar-refractivity contribution >= 4 is 11.8 Å². The van der Waals surface area contributed by atoms with Crippen molar-refractivity contribution < 1.29 is 14.3 Å². The third-order valence-corrected chi connectivity index (χ3v) is 4.64. The summed E-state index contributed by atoms with van der Waals surface area (Å²) in [6.07, 6.45) is 1.44. The Balaban J connectivity index is 1.50. The van der Waals surface area contributed by atoms with Crippen molar-refractivity contribution in [1.29, 1.82) is 0 Å². The van der Waals surface area contributed by atoms with E-state index in [2.05, 4.69) is 17.4 Å². The predicted molar refractivity (Wildman–Crippen MR) is 100.0 cm³/mol. The molecule has 1 heterocycles. The van der Waals surface area contributed by atoms with Gasteiger partial charge in [-0.15, -0.1) is 0 Å². The topological polar surface area (TPSA) is 58.6 Å². The summed E-state index contributed by atoms with van der Waals surface area (Å²) in [6, 6.07) is 17.5. The Morgan fingerprint density at radius 3 is 2.65 bits per heavy atom. The van der Waals surface area contributed by atoms with Crippen LogP contribution in [0.5, 0.6) is 5.75 Å². The average Bonchev–Trinajstić information content (AvgIpc) is 3.00. The first-order valence-corrected chi connectivity index (χ1v) is 8.88. The second kappa shape index (κ2) is 8.52. The van der Waals surface area contributed by atoms with Crippen molar-refractivity contribution in [3.05, 3.63) is 65.7 Å². The molecule has 136 valence electrons. The lowest BCUT2D eigenvalue weighted by molar-refractivity contribution is -0.127. The van der Waals surface area contributed by atoms with Gasteiger partial charge in [0.15, 0.2) is 0 Å². The molecular weight excluding hydrogens is 328 g/mol. The maximum Gasteiger partial charge on any atom is 0.224 e. The Bertz CT molecular complexity index is 761. The summed E-state index contributed by atoms with van der Waals surface area (Å²) in [5.74, 6) is 0.718. The van der Waals surface area contributed by atoms with Crippen LogP contribution in [0.2, 0.25) is 0 Å². The third-order valence-electron chi connectivity index (χ3n) is 4.64. The molecule has 1 aliphatic rings. The van der Waals surface area contributed by atoms with Gasteiger partial charge in [-0.1, -0.05) is 48.5 Å². The Hall–Kier alpha value is -2.82. The van der Waals surface area contributed by atoms with Gasteiger partial charge in [-0.3, -0.25) is 9.59 Å². The lowest BCUT2D eigenvalue weighted by atomic mass is 10.1. The second-order valence-electron chi connectivity index (χ2n) is 6.53. The van der Waals surface area contributed by atoms with Gasteiger partial charge in [-0.25, -0.2) is 0 Å². The molecule has 26 heavy (non-hydrogen) atoms. The van der Waals surface area contributed by atoms with Crippen LogP contribution in [-0.2, 0) is 22.4 Å². The Labute approximate surface area is 154 Å². The monoisotopic (exact) mass is 352 g/mol. The Morgan fingerprint density at radius 1 is 1.15 bits per heavy atom. The number of hydrogen-bond donors (Lipinski definition) is 1. The number of methoxy groups -OCH3 is 1. The van der Waals surface area contributed by atoms with Crippen LogP contribution in [0.15, 0.2) is 54.6 Å². The highest BCUT2D eigenvalue weighted by Crippen LogP contribution is 2.18. The Morgan fingerprint density at radius 2 is 1.88 bits per heavy atom. The fourth-order valence-corrected chi connectivity index (χ4v) is 3.29. The maximum absolute atomic E-state index is 12.3. The minimum atomic E-state index is -0.125. The summed E-state index contributed by atoms with van der Waals surface area (Å²) in [5, 5.41) is 2.98. The van der Waals surface area contributed by atoms with Gasteiger partial charge < -0.3 is 15.0 Å². The van der Waals surface area contributed by atoms with E-state index in [1.807, 2.05) is 47.4 Å². The standard InChI is InChI=1S/C21H24N2O3/c1-26-19-10-6-5-9-17(19)13-20(24)22-18-14-21(25)23(15-18)12-11-16-7-3-2-4-8-16/h2-10,18H,11-15H2,1H3,(H,22,24). The molecule has 1 N–H and O–H groups in total. The number of nitrogens with one attached hydrogen (secondary N) is 1. The molecule has 0 saturated carbocycles. The molecule has 0 spiro atoms. The number of ether oxygens (including phenoxy) is 1. The van der Waals surface area contributed by atoms with Crippen LogP contribution in [0.4, 0.5) is 0 Å². The van der Waals surface area contributed by atoms with Crippen molar-refractivity contribution in [2.75, 3.05) is 20.2 Å². The fraction of sp³-hybridized carbons (Fsp3) is 0.333. The van der Waals surface area contributed by atoms with E-state index in [-0.39, 0.29) is 24.3 Å². The van der Waals surface area contributed by atoms with Crippen molar-refractivity contribution in [3.63, 3.8) is 0 Å². The fourth-order valence-electron chi connectivity index (χ4n) is 3.29. The van der Waals surface area contributed by atoms with Crippen LogP contribution in [-0.4, -0.2) is 43.0 Å². The SMILES string of the molecule is COc1ccccc1CC(=O)NC1CC(=O)N(CCc2ccccc2)C1. The minimum Gasteiger partial charge on any atom is -0.496 e. The molecule has 3 rings (SSSR count). The molecule has 1 saturated heterocycles. The first kappa shape index (κ1) is 18.0. The van der Waals surface area contributed by atoms with Gasteiger partial charge in [0.2, 0.25) is 11.8 Å². The van der Waals surface area contributed by atoms with Crippen LogP contribution in [0.1, 0.15) is 17.5 Å². The quantitative estimate of drug-likeness (QED) is 0.831. The molecule has 5 nitrogen and oxygen atoms in total. The summed E-state index contributed by atoms with van der Waals surface area (Å²) < 4.78 is 5.28. The third kappa shape index (κ3) is 4.63. The van der Waals surface area contributed by atoms with Gasteiger partial charge in [0, 0.05) is 25.1 Å². The number of carbonyl (C=O) groups excluding carboxylic acids is 2. The minimum absolute atomic E-state index is 0.0859. The average molecular weight is 352 g/mol. The van der Waals surface area contributed by atoms with Crippen LogP contribution in [0, 0.1) is 0 Å². The van der Waals surface area contributed by atoms with E-state index >= 15 is 0 Å². The molecule has 2 aromatic carbocycles. The zero-order valence-corrected chi connectivity index (χ0v) is 15.0. The number of para-hydroxylation sites is 1. The van der Waals surface area contributed by atoms with Crippen LogP contribution >= 0.6 is 0 Å². The number of carbonyl (C=O) groups is 2. The molecular formula is C21H24N2O3. The lowest BCUT2D eigenvalue weighted by Crippen LogP contribution is -2.38. The van der Waals surface area contributed by atoms with Gasteiger partial charge in [-0.2, -0.15) is 0 Å². The molecule has 1 aliphatic heterocycles. The Kier molecular flexibility index (Phi) is 5.89. The van der Waals surface area contributed by atoms with Crippen molar-refractivity contribution in [2.24, 2.45) is 0 Å². The molecule has 1 atom stereocenters. The van der Waals surface area contributed by atoms with Crippen molar-refractivity contribution in [2.45, 2.75) is 25.3 Å². The molecule has 0 aliphatic carbocycles. The van der Waals surface area contributed by atoms with Gasteiger partial charge >= 0.3 is 0 Å². The smallest absolute Gasteiger partial charge is 0.224 e. The van der Waals surface area contributed by atoms with Crippen LogP contribution in [0.25, 0.3) is 0 Å². The first-order chi connectivity index (χ1) is 12.7. The van der Waals surface area contributed by atoms with E-state index in [1.165, 1.54) is 5.56 Å². The molecule has 0 radical (unpaired) electrons. The van der Waals surface area contributed by atoms with Crippen molar-refractivity contribution in [1.82, 2.24) is 10.2 Å². The molecule has 0 aromatic heterocycles. The molecule has 2 amide bonds. The highest BCUT2D eigenvalue weighted by Gasteiger charge is 2.30. The number of nitrogens with zero attached hydrogens (tertiary/aromatic N) is 1. The molecule has 0 bridgehead atoms. The van der Waals surface area contributed by atoms with E-state index < -0.39 is 0 Å². The predicted octanol–water partition coefficient (Wildman–Crippen LogP) is 2.20. The second-order valence-corrected chi connectivity index (χ2v) is 6.53. The van der Waals surface area contributed by atoms with E-state index in [9.17, 15) is 9.59 Å².